The number of carboxylic acids is 1. The Morgan fingerprint density at radius 2 is 2.00 bits per heavy atom. The zero-order chi connectivity index (χ0) is 14.0. The fourth-order valence-corrected chi connectivity index (χ4v) is 2.91. The summed E-state index contributed by atoms with van der Waals surface area (Å²) in [7, 11) is 0. The average molecular weight is 260 g/mol. The zero-order valence-electron chi connectivity index (χ0n) is 12.1. The Hall–Kier alpha value is -1.31. The molecule has 2 nitrogen and oxygen atoms in total. The van der Waals surface area contributed by atoms with Crippen LogP contribution in [0, 0.1) is 5.92 Å². The molecule has 0 aromatic heterocycles. The van der Waals surface area contributed by atoms with Crippen LogP contribution in [0.1, 0.15) is 68.6 Å². The van der Waals surface area contributed by atoms with Crippen LogP contribution in [-0.2, 0) is 11.2 Å². The van der Waals surface area contributed by atoms with Crippen LogP contribution < -0.4 is 0 Å². The molecule has 0 radical (unpaired) electrons. The van der Waals surface area contributed by atoms with Gasteiger partial charge >= 0.3 is 5.97 Å². The van der Waals surface area contributed by atoms with Gasteiger partial charge in [0, 0.05) is 0 Å². The van der Waals surface area contributed by atoms with E-state index in [9.17, 15) is 9.90 Å². The molecule has 0 spiro atoms. The van der Waals surface area contributed by atoms with Crippen molar-refractivity contribution < 1.29 is 9.90 Å². The summed E-state index contributed by atoms with van der Waals surface area (Å²) >= 11 is 0. The maximum Gasteiger partial charge on any atom is 0.303 e. The summed E-state index contributed by atoms with van der Waals surface area (Å²) in [4.78, 5) is 11.2. The van der Waals surface area contributed by atoms with E-state index >= 15 is 0 Å². The van der Waals surface area contributed by atoms with Crippen LogP contribution in [0.5, 0.6) is 0 Å². The van der Waals surface area contributed by atoms with Crippen LogP contribution in [0.15, 0.2) is 18.2 Å². The molecular weight excluding hydrogens is 236 g/mol. The fourth-order valence-electron chi connectivity index (χ4n) is 2.91. The first-order valence-electron chi connectivity index (χ1n) is 7.37. The highest BCUT2D eigenvalue weighted by atomic mass is 16.4. The first-order chi connectivity index (χ1) is 9.02. The second-order valence-corrected chi connectivity index (χ2v) is 6.01. The molecule has 2 rings (SSSR count). The van der Waals surface area contributed by atoms with E-state index in [0.29, 0.717) is 11.8 Å². The van der Waals surface area contributed by atoms with Gasteiger partial charge in [-0.25, -0.2) is 0 Å². The zero-order valence-corrected chi connectivity index (χ0v) is 12.1. The van der Waals surface area contributed by atoms with Gasteiger partial charge in [-0.1, -0.05) is 39.0 Å². The number of hydrogen-bond acceptors (Lipinski definition) is 1. The molecule has 1 fully saturated rings. The standard InChI is InChI=1S/C17H24O2/c1-4-12-5-8-14(11(2)3)16(9-12)15(10-17(18)19)13-6-7-13/h5,8-9,11,13,15H,4,6-7,10H2,1-3H3,(H,18,19). The lowest BCUT2D eigenvalue weighted by Crippen LogP contribution is -2.12. The number of aryl methyl sites for hydroxylation is 1. The van der Waals surface area contributed by atoms with E-state index in [2.05, 4.69) is 39.0 Å². The SMILES string of the molecule is CCc1ccc(C(C)C)c(C(CC(=O)O)C2CC2)c1. The van der Waals surface area contributed by atoms with Gasteiger partial charge in [-0.2, -0.15) is 0 Å². The van der Waals surface area contributed by atoms with E-state index in [0.717, 1.165) is 6.42 Å². The number of carboxylic acid groups (broad SMARTS) is 1. The monoisotopic (exact) mass is 260 g/mol. The predicted octanol–water partition coefficient (Wildman–Crippen LogP) is 4.34. The van der Waals surface area contributed by atoms with Crippen molar-refractivity contribution in [2.45, 2.75) is 58.3 Å². The quantitative estimate of drug-likeness (QED) is 0.826. The van der Waals surface area contributed by atoms with Gasteiger partial charge in [-0.05, 0) is 53.7 Å². The topological polar surface area (TPSA) is 37.3 Å². The molecule has 1 aromatic rings. The maximum absolute atomic E-state index is 11.2. The van der Waals surface area contributed by atoms with Gasteiger partial charge in [0.05, 0.1) is 6.42 Å². The summed E-state index contributed by atoms with van der Waals surface area (Å²) in [5.74, 6) is 0.576. The molecule has 1 atom stereocenters. The van der Waals surface area contributed by atoms with Gasteiger partial charge in [-0.3, -0.25) is 4.79 Å². The fraction of sp³-hybridized carbons (Fsp3) is 0.588. The van der Waals surface area contributed by atoms with Gasteiger partial charge in [-0.15, -0.1) is 0 Å². The molecule has 0 bridgehead atoms. The highest BCUT2D eigenvalue weighted by Gasteiger charge is 2.35. The summed E-state index contributed by atoms with van der Waals surface area (Å²) in [6.07, 6.45) is 3.66. The highest BCUT2D eigenvalue weighted by Crippen LogP contribution is 2.46. The first kappa shape index (κ1) is 14.1. The second kappa shape index (κ2) is 5.77. The van der Waals surface area contributed by atoms with Crippen LogP contribution in [0.4, 0.5) is 0 Å². The van der Waals surface area contributed by atoms with E-state index < -0.39 is 5.97 Å². The highest BCUT2D eigenvalue weighted by molar-refractivity contribution is 5.68. The molecule has 1 saturated carbocycles. The summed E-state index contributed by atoms with van der Waals surface area (Å²) in [6, 6.07) is 6.64. The summed E-state index contributed by atoms with van der Waals surface area (Å²) < 4.78 is 0. The average Bonchev–Trinajstić information content (AvgIpc) is 3.19. The van der Waals surface area contributed by atoms with Crippen LogP contribution in [-0.4, -0.2) is 11.1 Å². The Balaban J connectivity index is 2.40. The molecular formula is C17H24O2. The molecule has 2 heteroatoms. The van der Waals surface area contributed by atoms with Crippen molar-refractivity contribution in [1.82, 2.24) is 0 Å². The van der Waals surface area contributed by atoms with E-state index in [4.69, 9.17) is 0 Å². The minimum Gasteiger partial charge on any atom is -0.481 e. The van der Waals surface area contributed by atoms with Gasteiger partial charge in [0.2, 0.25) is 0 Å². The van der Waals surface area contributed by atoms with Crippen LogP contribution >= 0.6 is 0 Å². The number of rotatable bonds is 6. The Labute approximate surface area is 115 Å². The first-order valence-corrected chi connectivity index (χ1v) is 7.37. The number of hydrogen-bond donors (Lipinski definition) is 1. The lowest BCUT2D eigenvalue weighted by Gasteiger charge is -2.22. The molecule has 0 heterocycles. The van der Waals surface area contributed by atoms with Crippen molar-refractivity contribution in [1.29, 1.82) is 0 Å². The Bertz CT molecular complexity index is 458. The Morgan fingerprint density at radius 3 is 2.47 bits per heavy atom. The van der Waals surface area contributed by atoms with E-state index in [1.165, 1.54) is 29.5 Å². The van der Waals surface area contributed by atoms with Crippen molar-refractivity contribution in [2.24, 2.45) is 5.92 Å². The largest absolute Gasteiger partial charge is 0.481 e. The third-order valence-electron chi connectivity index (χ3n) is 4.17. The normalized spacial score (nSPS) is 16.6. The molecule has 1 unspecified atom stereocenters. The minimum atomic E-state index is -0.673. The minimum absolute atomic E-state index is 0.210. The molecule has 19 heavy (non-hydrogen) atoms. The smallest absolute Gasteiger partial charge is 0.303 e. The van der Waals surface area contributed by atoms with Crippen LogP contribution in [0.2, 0.25) is 0 Å². The Kier molecular flexibility index (Phi) is 4.28. The predicted molar refractivity (Wildman–Crippen MR) is 77.6 cm³/mol. The molecule has 0 aliphatic heterocycles. The van der Waals surface area contributed by atoms with Crippen LogP contribution in [0.25, 0.3) is 0 Å². The molecule has 1 N–H and O–H groups in total. The van der Waals surface area contributed by atoms with Crippen molar-refractivity contribution in [3.63, 3.8) is 0 Å². The van der Waals surface area contributed by atoms with Gasteiger partial charge in [0.1, 0.15) is 0 Å². The second-order valence-electron chi connectivity index (χ2n) is 6.01. The molecule has 1 aliphatic rings. The van der Waals surface area contributed by atoms with E-state index in [-0.39, 0.29) is 12.3 Å². The number of benzene rings is 1. The van der Waals surface area contributed by atoms with E-state index in [1.807, 2.05) is 0 Å². The third kappa shape index (κ3) is 3.37. The van der Waals surface area contributed by atoms with Crippen molar-refractivity contribution in [3.8, 4) is 0 Å². The summed E-state index contributed by atoms with van der Waals surface area (Å²) in [6.45, 7) is 6.53. The third-order valence-corrected chi connectivity index (χ3v) is 4.17. The molecule has 1 aliphatic carbocycles. The molecule has 0 amide bonds. The van der Waals surface area contributed by atoms with Gasteiger partial charge in [0.25, 0.3) is 0 Å². The number of carbonyl (C=O) groups is 1. The molecule has 0 saturated heterocycles. The lowest BCUT2D eigenvalue weighted by molar-refractivity contribution is -0.137. The van der Waals surface area contributed by atoms with Gasteiger partial charge < -0.3 is 5.11 Å². The maximum atomic E-state index is 11.2. The molecule has 104 valence electrons. The van der Waals surface area contributed by atoms with Crippen molar-refractivity contribution in [3.05, 3.63) is 34.9 Å². The summed E-state index contributed by atoms with van der Waals surface area (Å²) in [5.41, 5.74) is 3.94. The van der Waals surface area contributed by atoms with Crippen molar-refractivity contribution in [2.75, 3.05) is 0 Å². The van der Waals surface area contributed by atoms with Gasteiger partial charge in [0.15, 0.2) is 0 Å². The lowest BCUT2D eigenvalue weighted by atomic mass is 9.83. The van der Waals surface area contributed by atoms with Crippen LogP contribution in [0.3, 0.4) is 0 Å². The summed E-state index contributed by atoms with van der Waals surface area (Å²) in [5, 5.41) is 9.18. The number of aliphatic carboxylic acids is 1. The van der Waals surface area contributed by atoms with Crippen molar-refractivity contribution >= 4 is 5.97 Å². The molecule has 1 aromatic carbocycles. The Morgan fingerprint density at radius 1 is 1.32 bits per heavy atom. The van der Waals surface area contributed by atoms with E-state index in [1.54, 1.807) is 0 Å².